The van der Waals surface area contributed by atoms with E-state index in [1.807, 2.05) is 13.0 Å². The van der Waals surface area contributed by atoms with E-state index in [1.165, 1.54) is 12.7 Å². The molecule has 0 saturated carbocycles. The highest BCUT2D eigenvalue weighted by molar-refractivity contribution is 5.22. The van der Waals surface area contributed by atoms with Gasteiger partial charge in [0.2, 0.25) is 0 Å². The second-order valence-corrected chi connectivity index (χ2v) is 3.39. The van der Waals surface area contributed by atoms with Crippen LogP contribution in [0.5, 0.6) is 0 Å². The monoisotopic (exact) mass is 218 g/mol. The van der Waals surface area contributed by atoms with Gasteiger partial charge in [-0.05, 0) is 13.5 Å². The standard InChI is InChI=1S/C10H14N6/c1-3-11-5-10-14-7-15-16(10)9-4-8(2)12-6-13-9/h4,6-7,11H,3,5H2,1-2H3. The highest BCUT2D eigenvalue weighted by Crippen LogP contribution is 2.05. The van der Waals surface area contributed by atoms with E-state index in [0.29, 0.717) is 6.54 Å². The molecular weight excluding hydrogens is 204 g/mol. The minimum atomic E-state index is 0.680. The molecule has 0 aliphatic heterocycles. The summed E-state index contributed by atoms with van der Waals surface area (Å²) in [5, 5.41) is 7.36. The molecule has 0 aromatic carbocycles. The molecule has 84 valence electrons. The molecule has 0 radical (unpaired) electrons. The molecule has 0 aliphatic rings. The number of aryl methyl sites for hydroxylation is 1. The van der Waals surface area contributed by atoms with Crippen molar-refractivity contribution in [2.24, 2.45) is 0 Å². The molecule has 6 nitrogen and oxygen atoms in total. The van der Waals surface area contributed by atoms with Crippen LogP contribution < -0.4 is 5.32 Å². The van der Waals surface area contributed by atoms with Crippen LogP contribution in [0.1, 0.15) is 18.4 Å². The quantitative estimate of drug-likeness (QED) is 0.808. The van der Waals surface area contributed by atoms with Crippen LogP contribution in [-0.4, -0.2) is 31.3 Å². The summed E-state index contributed by atoms with van der Waals surface area (Å²) in [5.41, 5.74) is 0.912. The predicted molar refractivity (Wildman–Crippen MR) is 59.1 cm³/mol. The van der Waals surface area contributed by atoms with Crippen molar-refractivity contribution in [1.82, 2.24) is 30.0 Å². The van der Waals surface area contributed by atoms with Crippen LogP contribution in [0, 0.1) is 6.92 Å². The molecule has 6 heteroatoms. The molecule has 0 unspecified atom stereocenters. The van der Waals surface area contributed by atoms with Gasteiger partial charge in [-0.3, -0.25) is 0 Å². The van der Waals surface area contributed by atoms with Crippen molar-refractivity contribution in [2.45, 2.75) is 20.4 Å². The van der Waals surface area contributed by atoms with Crippen molar-refractivity contribution >= 4 is 0 Å². The second kappa shape index (κ2) is 4.80. The lowest BCUT2D eigenvalue weighted by molar-refractivity contribution is 0.658. The Morgan fingerprint density at radius 1 is 1.25 bits per heavy atom. The SMILES string of the molecule is CCNCc1ncnn1-c1cc(C)ncn1. The van der Waals surface area contributed by atoms with E-state index in [1.54, 1.807) is 4.68 Å². The second-order valence-electron chi connectivity index (χ2n) is 3.39. The van der Waals surface area contributed by atoms with Crippen LogP contribution in [0.2, 0.25) is 0 Å². The maximum Gasteiger partial charge on any atom is 0.159 e. The Hall–Kier alpha value is -1.82. The number of nitrogens with one attached hydrogen (secondary N) is 1. The summed E-state index contributed by atoms with van der Waals surface area (Å²) in [6.07, 6.45) is 3.06. The van der Waals surface area contributed by atoms with Crippen LogP contribution in [0.3, 0.4) is 0 Å². The third-order valence-corrected chi connectivity index (χ3v) is 2.16. The van der Waals surface area contributed by atoms with Crippen molar-refractivity contribution in [3.05, 3.63) is 30.2 Å². The number of hydrogen-bond acceptors (Lipinski definition) is 5. The number of hydrogen-bond donors (Lipinski definition) is 1. The van der Waals surface area contributed by atoms with Gasteiger partial charge >= 0.3 is 0 Å². The Bertz CT molecular complexity index is 464. The molecule has 2 aromatic rings. The van der Waals surface area contributed by atoms with Crippen molar-refractivity contribution in [3.63, 3.8) is 0 Å². The maximum absolute atomic E-state index is 4.19. The van der Waals surface area contributed by atoms with Crippen LogP contribution in [0.25, 0.3) is 5.82 Å². The molecule has 16 heavy (non-hydrogen) atoms. The Balaban J connectivity index is 2.29. The average Bonchev–Trinajstić information content (AvgIpc) is 2.74. The summed E-state index contributed by atoms with van der Waals surface area (Å²) in [6.45, 7) is 5.55. The molecule has 2 heterocycles. The summed E-state index contributed by atoms with van der Waals surface area (Å²) in [6, 6.07) is 1.88. The summed E-state index contributed by atoms with van der Waals surface area (Å²) in [4.78, 5) is 12.4. The summed E-state index contributed by atoms with van der Waals surface area (Å²) in [5.74, 6) is 1.60. The highest BCUT2D eigenvalue weighted by Gasteiger charge is 2.06. The predicted octanol–water partition coefficient (Wildman–Crippen LogP) is 0.475. The smallest absolute Gasteiger partial charge is 0.159 e. The van der Waals surface area contributed by atoms with Gasteiger partial charge in [0.25, 0.3) is 0 Å². The zero-order valence-corrected chi connectivity index (χ0v) is 9.38. The van der Waals surface area contributed by atoms with Gasteiger partial charge in [0.15, 0.2) is 5.82 Å². The van der Waals surface area contributed by atoms with E-state index in [-0.39, 0.29) is 0 Å². The first kappa shape index (κ1) is 10.7. The van der Waals surface area contributed by atoms with Gasteiger partial charge in [0.05, 0.1) is 6.54 Å². The van der Waals surface area contributed by atoms with Crippen LogP contribution in [0.4, 0.5) is 0 Å². The third kappa shape index (κ3) is 2.22. The Morgan fingerprint density at radius 2 is 2.12 bits per heavy atom. The lowest BCUT2D eigenvalue weighted by atomic mass is 10.4. The van der Waals surface area contributed by atoms with Crippen LogP contribution >= 0.6 is 0 Å². The first-order chi connectivity index (χ1) is 7.81. The number of aromatic nitrogens is 5. The van der Waals surface area contributed by atoms with Crippen molar-refractivity contribution in [3.8, 4) is 5.82 Å². The van der Waals surface area contributed by atoms with Gasteiger partial charge < -0.3 is 5.32 Å². The van der Waals surface area contributed by atoms with Crippen molar-refractivity contribution < 1.29 is 0 Å². The molecule has 2 aromatic heterocycles. The van der Waals surface area contributed by atoms with Crippen molar-refractivity contribution in [1.29, 1.82) is 0 Å². The molecular formula is C10H14N6. The topological polar surface area (TPSA) is 68.5 Å². The molecule has 2 rings (SSSR count). The van der Waals surface area contributed by atoms with Gasteiger partial charge in [0, 0.05) is 11.8 Å². The molecule has 0 amide bonds. The molecule has 0 aliphatic carbocycles. The number of nitrogens with zero attached hydrogens (tertiary/aromatic N) is 5. The van der Waals surface area contributed by atoms with Gasteiger partial charge in [-0.2, -0.15) is 9.78 Å². The lowest BCUT2D eigenvalue weighted by Gasteiger charge is -2.05. The summed E-state index contributed by atoms with van der Waals surface area (Å²) >= 11 is 0. The Morgan fingerprint density at radius 3 is 2.88 bits per heavy atom. The zero-order valence-electron chi connectivity index (χ0n) is 9.38. The minimum Gasteiger partial charge on any atom is -0.310 e. The molecule has 0 spiro atoms. The first-order valence-corrected chi connectivity index (χ1v) is 5.20. The fourth-order valence-electron chi connectivity index (χ4n) is 1.37. The van der Waals surface area contributed by atoms with E-state index < -0.39 is 0 Å². The molecule has 0 bridgehead atoms. The van der Waals surface area contributed by atoms with Gasteiger partial charge in [-0.25, -0.2) is 15.0 Å². The Kier molecular flexibility index (Phi) is 3.21. The van der Waals surface area contributed by atoms with Gasteiger partial charge in [-0.15, -0.1) is 0 Å². The molecule has 1 N–H and O–H groups in total. The zero-order chi connectivity index (χ0) is 11.4. The van der Waals surface area contributed by atoms with Gasteiger partial charge in [0.1, 0.15) is 18.5 Å². The molecule has 0 saturated heterocycles. The fraction of sp³-hybridized carbons (Fsp3) is 0.400. The normalized spacial score (nSPS) is 10.6. The number of rotatable bonds is 4. The van der Waals surface area contributed by atoms with E-state index in [9.17, 15) is 0 Å². The summed E-state index contributed by atoms with van der Waals surface area (Å²) in [7, 11) is 0. The molecule has 0 atom stereocenters. The van der Waals surface area contributed by atoms with Crippen LogP contribution in [0.15, 0.2) is 18.7 Å². The maximum atomic E-state index is 4.19. The van der Waals surface area contributed by atoms with Gasteiger partial charge in [-0.1, -0.05) is 6.92 Å². The third-order valence-electron chi connectivity index (χ3n) is 2.16. The lowest BCUT2D eigenvalue weighted by Crippen LogP contribution is -2.16. The van der Waals surface area contributed by atoms with E-state index >= 15 is 0 Å². The van der Waals surface area contributed by atoms with E-state index in [4.69, 9.17) is 0 Å². The van der Waals surface area contributed by atoms with Crippen molar-refractivity contribution in [2.75, 3.05) is 6.54 Å². The van der Waals surface area contributed by atoms with E-state index in [2.05, 4.69) is 32.3 Å². The van der Waals surface area contributed by atoms with Crippen LogP contribution in [-0.2, 0) is 6.54 Å². The highest BCUT2D eigenvalue weighted by atomic mass is 15.4. The largest absolute Gasteiger partial charge is 0.310 e. The Labute approximate surface area is 93.8 Å². The fourth-order valence-corrected chi connectivity index (χ4v) is 1.37. The van der Waals surface area contributed by atoms with E-state index in [0.717, 1.165) is 23.9 Å². The molecule has 0 fully saturated rings. The summed E-state index contributed by atoms with van der Waals surface area (Å²) < 4.78 is 1.72. The first-order valence-electron chi connectivity index (χ1n) is 5.20. The average molecular weight is 218 g/mol. The minimum absolute atomic E-state index is 0.680.